The van der Waals surface area contributed by atoms with Crippen LogP contribution in [-0.4, -0.2) is 29.3 Å². The predicted molar refractivity (Wildman–Crippen MR) is 84.6 cm³/mol. The molecule has 0 aromatic heterocycles. The van der Waals surface area contributed by atoms with Crippen molar-refractivity contribution in [1.82, 2.24) is 0 Å². The van der Waals surface area contributed by atoms with Gasteiger partial charge >= 0.3 is 5.69 Å². The summed E-state index contributed by atoms with van der Waals surface area (Å²) in [7, 11) is 1.64. The SMILES string of the molecule is COCCC1CCCC1=NNc1ccc([N+](=O)[O-])cc1[N+](=O)[O-]. The number of nitrogens with one attached hydrogen (secondary N) is 1. The molecule has 0 bridgehead atoms. The van der Waals surface area contributed by atoms with Crippen molar-refractivity contribution < 1.29 is 14.6 Å². The highest BCUT2D eigenvalue weighted by Gasteiger charge is 2.23. The van der Waals surface area contributed by atoms with E-state index < -0.39 is 9.85 Å². The summed E-state index contributed by atoms with van der Waals surface area (Å²) in [4.78, 5) is 20.5. The first kappa shape index (κ1) is 16.8. The van der Waals surface area contributed by atoms with Crippen LogP contribution >= 0.6 is 0 Å². The molecule has 1 atom stereocenters. The van der Waals surface area contributed by atoms with Crippen molar-refractivity contribution in [2.45, 2.75) is 25.7 Å². The molecule has 0 aliphatic heterocycles. The summed E-state index contributed by atoms with van der Waals surface area (Å²) in [5, 5.41) is 26.1. The molecule has 0 saturated heterocycles. The van der Waals surface area contributed by atoms with E-state index in [1.165, 1.54) is 12.1 Å². The number of nitro groups is 2. The van der Waals surface area contributed by atoms with E-state index in [1.54, 1.807) is 7.11 Å². The molecule has 1 saturated carbocycles. The summed E-state index contributed by atoms with van der Waals surface area (Å²) in [5.41, 5.74) is 3.10. The van der Waals surface area contributed by atoms with Gasteiger partial charge in [-0.3, -0.25) is 25.7 Å². The number of rotatable bonds is 7. The Labute approximate surface area is 132 Å². The van der Waals surface area contributed by atoms with E-state index >= 15 is 0 Å². The second-order valence-corrected chi connectivity index (χ2v) is 5.30. The van der Waals surface area contributed by atoms with Crippen molar-refractivity contribution >= 4 is 22.8 Å². The second-order valence-electron chi connectivity index (χ2n) is 5.30. The number of non-ortho nitro benzene ring substituents is 1. The minimum atomic E-state index is -0.666. The number of nitro benzene ring substituents is 2. The zero-order valence-corrected chi connectivity index (χ0v) is 12.7. The monoisotopic (exact) mass is 322 g/mol. The summed E-state index contributed by atoms with van der Waals surface area (Å²) in [6, 6.07) is 3.45. The number of hydrazone groups is 1. The first-order valence-corrected chi connectivity index (χ1v) is 7.27. The Bertz CT molecular complexity index is 632. The number of ether oxygens (including phenoxy) is 1. The van der Waals surface area contributed by atoms with E-state index in [2.05, 4.69) is 10.5 Å². The topological polar surface area (TPSA) is 120 Å². The highest BCUT2D eigenvalue weighted by atomic mass is 16.6. The quantitative estimate of drug-likeness (QED) is 0.608. The molecule has 1 aromatic rings. The Kier molecular flexibility index (Phi) is 5.58. The average Bonchev–Trinajstić information content (AvgIpc) is 2.97. The summed E-state index contributed by atoms with van der Waals surface area (Å²) < 4.78 is 5.07. The molecule has 124 valence electrons. The fourth-order valence-corrected chi connectivity index (χ4v) is 2.63. The van der Waals surface area contributed by atoms with Gasteiger partial charge in [0.25, 0.3) is 5.69 Å². The zero-order chi connectivity index (χ0) is 16.8. The van der Waals surface area contributed by atoms with Gasteiger partial charge in [-0.05, 0) is 31.7 Å². The van der Waals surface area contributed by atoms with Gasteiger partial charge in [-0.15, -0.1) is 0 Å². The lowest BCUT2D eigenvalue weighted by Crippen LogP contribution is -2.12. The van der Waals surface area contributed by atoms with Crippen LogP contribution in [0.25, 0.3) is 0 Å². The second kappa shape index (κ2) is 7.63. The van der Waals surface area contributed by atoms with Crippen molar-refractivity contribution in [3.8, 4) is 0 Å². The number of hydrogen-bond donors (Lipinski definition) is 1. The van der Waals surface area contributed by atoms with Gasteiger partial charge in [-0.25, -0.2) is 0 Å². The van der Waals surface area contributed by atoms with Crippen molar-refractivity contribution in [1.29, 1.82) is 0 Å². The van der Waals surface area contributed by atoms with Gasteiger partial charge in [-0.1, -0.05) is 0 Å². The van der Waals surface area contributed by atoms with Crippen LogP contribution in [0.1, 0.15) is 25.7 Å². The van der Waals surface area contributed by atoms with Crippen LogP contribution in [0, 0.1) is 26.1 Å². The third-order valence-corrected chi connectivity index (χ3v) is 3.84. The molecule has 1 aliphatic rings. The van der Waals surface area contributed by atoms with E-state index in [0.717, 1.165) is 37.5 Å². The summed E-state index contributed by atoms with van der Waals surface area (Å²) >= 11 is 0. The molecule has 1 aromatic carbocycles. The minimum absolute atomic E-state index is 0.144. The van der Waals surface area contributed by atoms with E-state index in [4.69, 9.17) is 4.74 Å². The number of anilines is 1. The fraction of sp³-hybridized carbons (Fsp3) is 0.500. The van der Waals surface area contributed by atoms with Crippen LogP contribution in [0.4, 0.5) is 17.1 Å². The minimum Gasteiger partial charge on any atom is -0.385 e. The van der Waals surface area contributed by atoms with Gasteiger partial charge in [0.1, 0.15) is 5.69 Å². The number of nitrogens with zero attached hydrogens (tertiary/aromatic N) is 3. The van der Waals surface area contributed by atoms with Crippen molar-refractivity contribution in [2.24, 2.45) is 11.0 Å². The molecule has 0 spiro atoms. The Morgan fingerprint density at radius 2 is 2.13 bits per heavy atom. The summed E-state index contributed by atoms with van der Waals surface area (Å²) in [6.07, 6.45) is 3.74. The molecule has 1 aliphatic carbocycles. The lowest BCUT2D eigenvalue weighted by Gasteiger charge is -2.10. The molecule has 2 rings (SSSR count). The molecule has 0 radical (unpaired) electrons. The predicted octanol–water partition coefficient (Wildman–Crippen LogP) is 3.11. The molecule has 9 nitrogen and oxygen atoms in total. The third-order valence-electron chi connectivity index (χ3n) is 3.84. The fourth-order valence-electron chi connectivity index (χ4n) is 2.63. The maximum Gasteiger partial charge on any atom is 0.301 e. The Hall–Kier alpha value is -2.55. The van der Waals surface area contributed by atoms with Gasteiger partial charge in [-0.2, -0.15) is 5.10 Å². The Morgan fingerprint density at radius 3 is 2.78 bits per heavy atom. The number of benzene rings is 1. The van der Waals surface area contributed by atoms with E-state index in [1.807, 2.05) is 0 Å². The van der Waals surface area contributed by atoms with Crippen LogP contribution in [0.3, 0.4) is 0 Å². The molecule has 0 amide bonds. The first-order valence-electron chi connectivity index (χ1n) is 7.27. The highest BCUT2D eigenvalue weighted by Crippen LogP contribution is 2.30. The molecule has 9 heteroatoms. The van der Waals surface area contributed by atoms with Gasteiger partial charge in [0, 0.05) is 31.4 Å². The summed E-state index contributed by atoms with van der Waals surface area (Å²) in [5.74, 6) is 0.305. The lowest BCUT2D eigenvalue weighted by atomic mass is 10.0. The molecule has 1 fully saturated rings. The molecular weight excluding hydrogens is 304 g/mol. The van der Waals surface area contributed by atoms with Crippen LogP contribution in [0.2, 0.25) is 0 Å². The smallest absolute Gasteiger partial charge is 0.301 e. The van der Waals surface area contributed by atoms with Crippen molar-refractivity contribution in [3.63, 3.8) is 0 Å². The average molecular weight is 322 g/mol. The van der Waals surface area contributed by atoms with Crippen LogP contribution in [0.5, 0.6) is 0 Å². The number of hydrogen-bond acceptors (Lipinski definition) is 7. The molecule has 23 heavy (non-hydrogen) atoms. The third kappa shape index (κ3) is 4.22. The van der Waals surface area contributed by atoms with E-state index in [-0.39, 0.29) is 17.1 Å². The molecule has 1 unspecified atom stereocenters. The van der Waals surface area contributed by atoms with E-state index in [9.17, 15) is 20.2 Å². The van der Waals surface area contributed by atoms with Gasteiger partial charge < -0.3 is 4.74 Å². The molecule has 1 N–H and O–H groups in total. The maximum atomic E-state index is 11.1. The number of methoxy groups -OCH3 is 1. The largest absolute Gasteiger partial charge is 0.385 e. The molecule has 0 heterocycles. The van der Waals surface area contributed by atoms with E-state index in [0.29, 0.717) is 12.5 Å². The Morgan fingerprint density at radius 1 is 1.35 bits per heavy atom. The normalized spacial score (nSPS) is 19.0. The maximum absolute atomic E-state index is 11.1. The van der Waals surface area contributed by atoms with Crippen molar-refractivity contribution in [2.75, 3.05) is 19.1 Å². The van der Waals surface area contributed by atoms with Gasteiger partial charge in [0.2, 0.25) is 0 Å². The van der Waals surface area contributed by atoms with Crippen LogP contribution < -0.4 is 5.43 Å². The highest BCUT2D eigenvalue weighted by molar-refractivity contribution is 5.89. The van der Waals surface area contributed by atoms with Gasteiger partial charge in [0.15, 0.2) is 0 Å². The zero-order valence-electron chi connectivity index (χ0n) is 12.7. The first-order chi connectivity index (χ1) is 11.0. The summed E-state index contributed by atoms with van der Waals surface area (Å²) in [6.45, 7) is 0.640. The lowest BCUT2D eigenvalue weighted by molar-refractivity contribution is -0.393. The van der Waals surface area contributed by atoms with Crippen molar-refractivity contribution in [3.05, 3.63) is 38.4 Å². The Balaban J connectivity index is 2.17. The van der Waals surface area contributed by atoms with Crippen LogP contribution in [-0.2, 0) is 4.74 Å². The van der Waals surface area contributed by atoms with Gasteiger partial charge in [0.05, 0.1) is 15.9 Å². The van der Waals surface area contributed by atoms with Crippen LogP contribution in [0.15, 0.2) is 23.3 Å². The molecular formula is C14H18N4O5. The standard InChI is InChI=1S/C14H18N4O5/c1-23-8-7-10-3-2-4-12(10)15-16-13-6-5-11(17(19)20)9-14(13)18(21)22/h5-6,9-10,16H,2-4,7-8H2,1H3.